The summed E-state index contributed by atoms with van der Waals surface area (Å²) in [5.41, 5.74) is 1.40. The first-order valence-corrected chi connectivity index (χ1v) is 10.8. The maximum Gasteiger partial charge on any atom is 0.338 e. The van der Waals surface area contributed by atoms with Gasteiger partial charge in [-0.1, -0.05) is 6.07 Å². The lowest BCUT2D eigenvalue weighted by molar-refractivity contribution is -0.184. The van der Waals surface area contributed by atoms with Gasteiger partial charge < -0.3 is 34.7 Å². The van der Waals surface area contributed by atoms with E-state index in [1.54, 1.807) is 19.1 Å². The van der Waals surface area contributed by atoms with E-state index < -0.39 is 23.8 Å². The molecule has 10 nitrogen and oxygen atoms in total. The van der Waals surface area contributed by atoms with Gasteiger partial charge in [-0.2, -0.15) is 0 Å². The zero-order chi connectivity index (χ0) is 22.7. The summed E-state index contributed by atoms with van der Waals surface area (Å²) in [5, 5.41) is 15.6. The normalized spacial score (nSPS) is 23.1. The van der Waals surface area contributed by atoms with Crippen molar-refractivity contribution in [2.45, 2.75) is 31.6 Å². The largest absolute Gasteiger partial charge is 0.504 e. The third-order valence-corrected chi connectivity index (χ3v) is 5.99. The number of esters is 1. The number of aromatic hydroxyl groups is 1. The predicted octanol–water partition coefficient (Wildman–Crippen LogP) is 1.41. The first-order valence-electron chi connectivity index (χ1n) is 10.8. The molecule has 1 spiro atoms. The number of phenols is 1. The van der Waals surface area contributed by atoms with Crippen molar-refractivity contribution >= 4 is 12.0 Å². The summed E-state index contributed by atoms with van der Waals surface area (Å²) < 4.78 is 22.1. The van der Waals surface area contributed by atoms with E-state index in [0.29, 0.717) is 56.3 Å². The van der Waals surface area contributed by atoms with Crippen molar-refractivity contribution in [1.82, 2.24) is 15.5 Å². The van der Waals surface area contributed by atoms with Gasteiger partial charge in [0.1, 0.15) is 0 Å². The summed E-state index contributed by atoms with van der Waals surface area (Å²) in [6.45, 7) is 5.18. The van der Waals surface area contributed by atoms with Crippen LogP contribution in [0.5, 0.6) is 11.5 Å². The number of nitrogens with zero attached hydrogens (tertiary/aromatic N) is 1. The molecule has 10 heteroatoms. The number of nitrogens with one attached hydrogen (secondary N) is 2. The molecule has 174 valence electrons. The molecule has 1 aromatic rings. The minimum atomic E-state index is -0.747. The van der Waals surface area contributed by atoms with Crippen LogP contribution in [0.1, 0.15) is 31.4 Å². The Morgan fingerprint density at radius 1 is 1.28 bits per heavy atom. The van der Waals surface area contributed by atoms with Crippen LogP contribution in [0.2, 0.25) is 0 Å². The molecule has 0 saturated carbocycles. The van der Waals surface area contributed by atoms with Crippen LogP contribution in [-0.4, -0.2) is 74.4 Å². The summed E-state index contributed by atoms with van der Waals surface area (Å²) in [5.74, 6) is -0.781. The van der Waals surface area contributed by atoms with Crippen LogP contribution in [0.3, 0.4) is 0 Å². The minimum Gasteiger partial charge on any atom is -0.504 e. The Morgan fingerprint density at radius 2 is 2.00 bits per heavy atom. The number of carbonyl (C=O) groups excluding carboxylic acids is 2. The number of hydrogen-bond acceptors (Lipinski definition) is 8. The summed E-state index contributed by atoms with van der Waals surface area (Å²) >= 11 is 0. The number of piperidine rings is 1. The fourth-order valence-electron chi connectivity index (χ4n) is 4.39. The van der Waals surface area contributed by atoms with Crippen molar-refractivity contribution in [3.05, 3.63) is 35.0 Å². The molecule has 3 aliphatic heterocycles. The molecule has 3 N–H and O–H groups in total. The highest BCUT2D eigenvalue weighted by Gasteiger charge is 2.41. The molecule has 2 fully saturated rings. The Bertz CT molecular complexity index is 901. The van der Waals surface area contributed by atoms with Gasteiger partial charge in [0.05, 0.1) is 38.5 Å². The predicted molar refractivity (Wildman–Crippen MR) is 113 cm³/mol. The zero-order valence-electron chi connectivity index (χ0n) is 18.3. The number of likely N-dealkylation sites (tertiary alicyclic amines) is 1. The van der Waals surface area contributed by atoms with Gasteiger partial charge in [-0.3, -0.25) is 4.90 Å². The number of carbonyl (C=O) groups is 2. The van der Waals surface area contributed by atoms with Crippen LogP contribution in [-0.2, 0) is 19.0 Å². The number of ether oxygens (including phenoxy) is 4. The van der Waals surface area contributed by atoms with Gasteiger partial charge in [-0.15, -0.1) is 0 Å². The molecule has 2 amide bonds. The van der Waals surface area contributed by atoms with E-state index in [1.165, 1.54) is 13.2 Å². The van der Waals surface area contributed by atoms with Gasteiger partial charge in [0.15, 0.2) is 17.3 Å². The van der Waals surface area contributed by atoms with E-state index in [4.69, 9.17) is 18.9 Å². The Labute approximate surface area is 186 Å². The molecule has 4 rings (SSSR count). The van der Waals surface area contributed by atoms with E-state index in [0.717, 1.165) is 12.8 Å². The number of amides is 2. The highest BCUT2D eigenvalue weighted by atomic mass is 16.7. The number of phenolic OH excluding ortho intramolecular Hbond substituents is 1. The molecular weight excluding hydrogens is 418 g/mol. The molecule has 32 heavy (non-hydrogen) atoms. The number of rotatable bonds is 6. The lowest BCUT2D eigenvalue weighted by Gasteiger charge is -2.39. The average molecular weight is 447 g/mol. The monoisotopic (exact) mass is 447 g/mol. The summed E-state index contributed by atoms with van der Waals surface area (Å²) in [4.78, 5) is 27.4. The van der Waals surface area contributed by atoms with Gasteiger partial charge >= 0.3 is 12.0 Å². The standard InChI is InChI=1S/C22H29N3O7/c1-3-30-17-12-14(4-5-16(17)26)19-18(20(27)29-2)15(23-21(28)24-19)13-25-8-6-22(7-9-25)31-10-11-32-22/h4-5,12,19,26H,3,6-11,13H2,1-2H3,(H2,23,24,28)/t19-/m0/s1. The maximum atomic E-state index is 12.8. The molecule has 3 heterocycles. The second kappa shape index (κ2) is 9.35. The minimum absolute atomic E-state index is 0.0155. The molecule has 2 saturated heterocycles. The first-order chi connectivity index (χ1) is 15.4. The summed E-state index contributed by atoms with van der Waals surface area (Å²) in [6, 6.07) is 3.58. The summed E-state index contributed by atoms with van der Waals surface area (Å²) in [7, 11) is 1.31. The Morgan fingerprint density at radius 3 is 2.66 bits per heavy atom. The van der Waals surface area contributed by atoms with Crippen LogP contribution in [0.25, 0.3) is 0 Å². The Hall–Kier alpha value is -2.82. The van der Waals surface area contributed by atoms with Crippen LogP contribution in [0, 0.1) is 0 Å². The number of hydrogen-bond donors (Lipinski definition) is 3. The van der Waals surface area contributed by atoms with Gasteiger partial charge in [-0.05, 0) is 24.6 Å². The molecule has 0 bridgehead atoms. The Kier molecular flexibility index (Phi) is 6.54. The smallest absolute Gasteiger partial charge is 0.338 e. The van der Waals surface area contributed by atoms with E-state index in [9.17, 15) is 14.7 Å². The molecule has 3 aliphatic rings. The first kappa shape index (κ1) is 22.4. The van der Waals surface area contributed by atoms with Crippen molar-refractivity contribution in [2.75, 3.05) is 46.6 Å². The van der Waals surface area contributed by atoms with E-state index in [2.05, 4.69) is 15.5 Å². The third kappa shape index (κ3) is 4.52. The Balaban J connectivity index is 1.61. The van der Waals surface area contributed by atoms with Gasteiger partial charge in [0, 0.05) is 38.2 Å². The van der Waals surface area contributed by atoms with E-state index in [1.807, 2.05) is 0 Å². The molecule has 1 atom stereocenters. The highest BCUT2D eigenvalue weighted by molar-refractivity contribution is 5.95. The second-order valence-corrected chi connectivity index (χ2v) is 7.96. The van der Waals surface area contributed by atoms with Gasteiger partial charge in [0.2, 0.25) is 0 Å². The lowest BCUT2D eigenvalue weighted by Crippen LogP contribution is -2.51. The van der Waals surface area contributed by atoms with Crippen molar-refractivity contribution < 1.29 is 33.6 Å². The van der Waals surface area contributed by atoms with Crippen molar-refractivity contribution in [2.24, 2.45) is 0 Å². The second-order valence-electron chi connectivity index (χ2n) is 7.96. The lowest BCUT2D eigenvalue weighted by atomic mass is 9.94. The molecule has 0 aliphatic carbocycles. The molecule has 0 radical (unpaired) electrons. The van der Waals surface area contributed by atoms with Crippen LogP contribution in [0.15, 0.2) is 29.5 Å². The fourth-order valence-corrected chi connectivity index (χ4v) is 4.39. The molecule has 1 aromatic carbocycles. The molecular formula is C22H29N3O7. The van der Waals surface area contributed by atoms with Crippen molar-refractivity contribution in [3.8, 4) is 11.5 Å². The van der Waals surface area contributed by atoms with Gasteiger partial charge in [-0.25, -0.2) is 9.59 Å². The molecule has 0 unspecified atom stereocenters. The van der Waals surface area contributed by atoms with Gasteiger partial charge in [0.25, 0.3) is 0 Å². The van der Waals surface area contributed by atoms with Crippen LogP contribution >= 0.6 is 0 Å². The molecule has 0 aromatic heterocycles. The fraction of sp³-hybridized carbons (Fsp3) is 0.545. The topological polar surface area (TPSA) is 119 Å². The quantitative estimate of drug-likeness (QED) is 0.560. The van der Waals surface area contributed by atoms with Crippen LogP contribution in [0.4, 0.5) is 4.79 Å². The highest BCUT2D eigenvalue weighted by Crippen LogP contribution is 2.35. The van der Waals surface area contributed by atoms with E-state index in [-0.39, 0.29) is 11.5 Å². The average Bonchev–Trinajstić information content (AvgIpc) is 3.24. The summed E-state index contributed by atoms with van der Waals surface area (Å²) in [6.07, 6.45) is 1.44. The maximum absolute atomic E-state index is 12.8. The SMILES string of the molecule is CCOc1cc([C@@H]2NC(=O)NC(CN3CCC4(CC3)OCCO4)=C2C(=O)OC)ccc1O. The van der Waals surface area contributed by atoms with E-state index >= 15 is 0 Å². The number of methoxy groups -OCH3 is 1. The van der Waals surface area contributed by atoms with Crippen LogP contribution < -0.4 is 15.4 Å². The number of benzene rings is 1. The van der Waals surface area contributed by atoms with Crippen molar-refractivity contribution in [3.63, 3.8) is 0 Å². The number of urea groups is 1. The van der Waals surface area contributed by atoms with Crippen molar-refractivity contribution in [1.29, 1.82) is 0 Å². The third-order valence-electron chi connectivity index (χ3n) is 5.99. The zero-order valence-corrected chi connectivity index (χ0v) is 18.3.